The van der Waals surface area contributed by atoms with Crippen LogP contribution in [0, 0.1) is 6.92 Å². The molecule has 0 fully saturated rings. The van der Waals surface area contributed by atoms with Gasteiger partial charge in [0.1, 0.15) is 11.5 Å². The third-order valence-corrected chi connectivity index (χ3v) is 4.87. The molecule has 0 amide bonds. The average molecular weight is 523 g/mol. The van der Waals surface area contributed by atoms with Gasteiger partial charge in [0.25, 0.3) is 0 Å². The molecule has 0 radical (unpaired) electrons. The number of aromatic amines is 1. The van der Waals surface area contributed by atoms with Crippen molar-refractivity contribution >= 4 is 40.8 Å². The molecule has 0 aliphatic rings. The van der Waals surface area contributed by atoms with Crippen LogP contribution >= 0.6 is 24.0 Å². The van der Waals surface area contributed by atoms with Crippen LogP contribution in [0.15, 0.2) is 41.5 Å². The predicted molar refractivity (Wildman–Crippen MR) is 132 cm³/mol. The molecule has 7 nitrogen and oxygen atoms in total. The molecular weight excluding hydrogens is 493 g/mol. The molecule has 3 aromatic rings. The maximum absolute atomic E-state index is 5.49. The summed E-state index contributed by atoms with van der Waals surface area (Å²) in [4.78, 5) is 12.1. The first-order valence-electron chi connectivity index (χ1n) is 9.73. The summed E-state index contributed by atoms with van der Waals surface area (Å²) in [6.07, 6.45) is 3.70. The number of halogens is 1. The van der Waals surface area contributed by atoms with Crippen molar-refractivity contribution in [1.29, 1.82) is 0 Å². The quantitative estimate of drug-likeness (QED) is 0.181. The molecule has 2 aromatic heterocycles. The zero-order valence-corrected chi connectivity index (χ0v) is 20.2. The van der Waals surface area contributed by atoms with Crippen LogP contribution < -0.4 is 20.1 Å². The van der Waals surface area contributed by atoms with Crippen molar-refractivity contribution in [3.05, 3.63) is 53.5 Å². The monoisotopic (exact) mass is 523 g/mol. The third-order valence-electron chi connectivity index (χ3n) is 4.87. The van der Waals surface area contributed by atoms with Gasteiger partial charge in [-0.2, -0.15) is 0 Å². The van der Waals surface area contributed by atoms with Crippen LogP contribution in [0.1, 0.15) is 23.4 Å². The van der Waals surface area contributed by atoms with Gasteiger partial charge in [-0.1, -0.05) is 6.07 Å². The number of aliphatic imine (C=N–C) groups is 1. The van der Waals surface area contributed by atoms with Gasteiger partial charge in [0.15, 0.2) is 5.96 Å². The fraction of sp³-hybridized carbons (Fsp3) is 0.364. The first-order valence-corrected chi connectivity index (χ1v) is 9.73. The lowest BCUT2D eigenvalue weighted by Crippen LogP contribution is -2.37. The largest absolute Gasteiger partial charge is 0.497 e. The molecule has 0 atom stereocenters. The van der Waals surface area contributed by atoms with E-state index in [1.165, 1.54) is 11.3 Å². The Morgan fingerprint density at radius 2 is 2.00 bits per heavy atom. The highest BCUT2D eigenvalue weighted by Crippen LogP contribution is 2.31. The number of hydrogen-bond acceptors (Lipinski definition) is 4. The zero-order valence-electron chi connectivity index (χ0n) is 17.9. The van der Waals surface area contributed by atoms with Crippen molar-refractivity contribution in [3.63, 3.8) is 0 Å². The normalized spacial score (nSPS) is 11.1. The van der Waals surface area contributed by atoms with Gasteiger partial charge in [-0.15, -0.1) is 24.0 Å². The number of fused-ring (bicyclic) bond motifs is 1. The molecule has 0 bridgehead atoms. The number of aryl methyl sites for hydroxylation is 2. The van der Waals surface area contributed by atoms with E-state index >= 15 is 0 Å². The van der Waals surface area contributed by atoms with E-state index in [-0.39, 0.29) is 24.0 Å². The summed E-state index contributed by atoms with van der Waals surface area (Å²) in [6, 6.07) is 10.0. The van der Waals surface area contributed by atoms with Crippen molar-refractivity contribution in [2.45, 2.75) is 26.3 Å². The molecule has 2 heterocycles. The maximum Gasteiger partial charge on any atom is 0.191 e. The minimum Gasteiger partial charge on any atom is -0.497 e. The lowest BCUT2D eigenvalue weighted by atomic mass is 10.2. The van der Waals surface area contributed by atoms with E-state index in [1.54, 1.807) is 21.3 Å². The Hall–Kier alpha value is -2.49. The number of ether oxygens (including phenoxy) is 2. The van der Waals surface area contributed by atoms with Gasteiger partial charge in [0.05, 0.1) is 32.0 Å². The summed E-state index contributed by atoms with van der Waals surface area (Å²) in [5, 5.41) is 7.74. The van der Waals surface area contributed by atoms with Gasteiger partial charge in [0.2, 0.25) is 0 Å². The molecule has 0 saturated carbocycles. The van der Waals surface area contributed by atoms with Gasteiger partial charge in [-0.25, -0.2) is 0 Å². The van der Waals surface area contributed by atoms with Crippen LogP contribution in [-0.4, -0.2) is 43.7 Å². The van der Waals surface area contributed by atoms with Crippen LogP contribution in [0.3, 0.4) is 0 Å². The van der Waals surface area contributed by atoms with Gasteiger partial charge >= 0.3 is 0 Å². The van der Waals surface area contributed by atoms with E-state index in [9.17, 15) is 0 Å². The number of nitrogens with one attached hydrogen (secondary N) is 3. The lowest BCUT2D eigenvalue weighted by Gasteiger charge is -2.12. The van der Waals surface area contributed by atoms with E-state index in [0.717, 1.165) is 53.4 Å². The number of aromatic nitrogens is 2. The van der Waals surface area contributed by atoms with E-state index < -0.39 is 0 Å². The molecule has 8 heteroatoms. The Kier molecular flexibility index (Phi) is 9.22. The molecule has 0 unspecified atom stereocenters. The van der Waals surface area contributed by atoms with Gasteiger partial charge < -0.3 is 25.1 Å². The lowest BCUT2D eigenvalue weighted by molar-refractivity contribution is 0.398. The summed E-state index contributed by atoms with van der Waals surface area (Å²) < 4.78 is 10.8. The number of benzene rings is 1. The number of hydrogen-bond donors (Lipinski definition) is 3. The van der Waals surface area contributed by atoms with Crippen molar-refractivity contribution in [3.8, 4) is 11.5 Å². The summed E-state index contributed by atoms with van der Waals surface area (Å²) in [6.45, 7) is 3.53. The molecule has 3 N–H and O–H groups in total. The summed E-state index contributed by atoms with van der Waals surface area (Å²) >= 11 is 0. The second-order valence-corrected chi connectivity index (χ2v) is 6.81. The summed E-state index contributed by atoms with van der Waals surface area (Å²) in [7, 11) is 5.11. The Morgan fingerprint density at radius 1 is 1.17 bits per heavy atom. The molecule has 0 saturated heterocycles. The molecule has 1 aromatic carbocycles. The molecule has 0 spiro atoms. The van der Waals surface area contributed by atoms with Gasteiger partial charge in [-0.3, -0.25) is 9.98 Å². The van der Waals surface area contributed by atoms with Crippen LogP contribution in [0.4, 0.5) is 0 Å². The fourth-order valence-electron chi connectivity index (χ4n) is 3.24. The Balaban J connectivity index is 0.00000320. The van der Waals surface area contributed by atoms with Crippen LogP contribution in [0.25, 0.3) is 10.9 Å². The zero-order chi connectivity index (χ0) is 20.6. The highest BCUT2D eigenvalue weighted by atomic mass is 127. The number of nitrogens with zero attached hydrogens (tertiary/aromatic N) is 2. The third kappa shape index (κ3) is 6.01. The number of guanidine groups is 1. The molecule has 30 heavy (non-hydrogen) atoms. The summed E-state index contributed by atoms with van der Waals surface area (Å²) in [5.74, 6) is 2.37. The number of rotatable bonds is 8. The minimum absolute atomic E-state index is 0. The standard InChI is InChI=1S/C22H29N5O2.HI/c1-15-7-5-9-24-20(15)14-26-22(23-2)25-10-6-8-16-11-18-19(27-16)12-17(28-3)13-21(18)29-4;/h5,7,9,11-13,27H,6,8,10,14H2,1-4H3,(H2,23,25,26);1H. The van der Waals surface area contributed by atoms with Crippen LogP contribution in [0.5, 0.6) is 11.5 Å². The number of methoxy groups -OCH3 is 2. The van der Waals surface area contributed by atoms with E-state index in [1.807, 2.05) is 24.4 Å². The van der Waals surface area contributed by atoms with Crippen molar-refractivity contribution in [2.24, 2.45) is 4.99 Å². The smallest absolute Gasteiger partial charge is 0.191 e. The fourth-order valence-corrected chi connectivity index (χ4v) is 3.24. The Bertz CT molecular complexity index is 987. The molecule has 162 valence electrons. The van der Waals surface area contributed by atoms with Crippen molar-refractivity contribution in [1.82, 2.24) is 20.6 Å². The number of H-pyrrole nitrogens is 1. The van der Waals surface area contributed by atoms with Gasteiger partial charge in [-0.05, 0) is 37.5 Å². The second kappa shape index (κ2) is 11.6. The van der Waals surface area contributed by atoms with Crippen LogP contribution in [-0.2, 0) is 13.0 Å². The van der Waals surface area contributed by atoms with Gasteiger partial charge in [0, 0.05) is 43.0 Å². The Morgan fingerprint density at radius 3 is 2.70 bits per heavy atom. The van der Waals surface area contributed by atoms with E-state index in [0.29, 0.717) is 6.54 Å². The van der Waals surface area contributed by atoms with E-state index in [2.05, 4.69) is 44.7 Å². The van der Waals surface area contributed by atoms with Crippen molar-refractivity contribution < 1.29 is 9.47 Å². The first kappa shape index (κ1) is 23.8. The molecule has 3 rings (SSSR count). The topological polar surface area (TPSA) is 83.6 Å². The molecule has 0 aliphatic heterocycles. The second-order valence-electron chi connectivity index (χ2n) is 6.81. The minimum atomic E-state index is 0. The van der Waals surface area contributed by atoms with E-state index in [4.69, 9.17) is 9.47 Å². The first-order chi connectivity index (χ1) is 14.1. The number of pyridine rings is 1. The van der Waals surface area contributed by atoms with Crippen molar-refractivity contribution in [2.75, 3.05) is 27.8 Å². The Labute approximate surface area is 194 Å². The maximum atomic E-state index is 5.49. The highest BCUT2D eigenvalue weighted by molar-refractivity contribution is 14.0. The SMILES string of the molecule is CN=C(NCCCc1cc2c(OC)cc(OC)cc2[nH]1)NCc1ncccc1C.I. The summed E-state index contributed by atoms with van der Waals surface area (Å²) in [5.41, 5.74) is 4.38. The average Bonchev–Trinajstić information content (AvgIpc) is 3.16. The predicted octanol–water partition coefficient (Wildman–Crippen LogP) is 3.80. The molecular formula is C22H30IN5O2. The molecule has 0 aliphatic carbocycles. The highest BCUT2D eigenvalue weighted by Gasteiger charge is 2.09. The van der Waals surface area contributed by atoms with Crippen LogP contribution in [0.2, 0.25) is 0 Å².